The van der Waals surface area contributed by atoms with Gasteiger partial charge in [-0.3, -0.25) is 20.4 Å². The topological polar surface area (TPSA) is 76.0 Å². The van der Waals surface area contributed by atoms with Gasteiger partial charge in [0.2, 0.25) is 0 Å². The summed E-state index contributed by atoms with van der Waals surface area (Å²) in [5.74, 6) is 0.150. The van der Waals surface area contributed by atoms with Crippen LogP contribution in [-0.4, -0.2) is 21.4 Å². The maximum atomic E-state index is 12.4. The first-order valence-electron chi connectivity index (χ1n) is 8.87. The molecule has 1 heterocycles. The Morgan fingerprint density at radius 2 is 1.81 bits per heavy atom. The fourth-order valence-corrected chi connectivity index (χ4v) is 2.94. The van der Waals surface area contributed by atoms with E-state index in [1.807, 2.05) is 28.8 Å². The molecule has 6 nitrogen and oxygen atoms in total. The van der Waals surface area contributed by atoms with Gasteiger partial charge in [-0.2, -0.15) is 0 Å². The molecule has 0 aliphatic rings. The first kappa shape index (κ1) is 18.9. The average Bonchev–Trinajstić information content (AvgIpc) is 3.02. The average molecular weight is 385 g/mol. The summed E-state index contributed by atoms with van der Waals surface area (Å²) >= 11 is 5.81. The van der Waals surface area contributed by atoms with Gasteiger partial charge in [0.05, 0.1) is 11.0 Å². The van der Waals surface area contributed by atoms with E-state index in [0.29, 0.717) is 10.6 Å². The molecule has 1 aromatic heterocycles. The third-order valence-electron chi connectivity index (χ3n) is 4.21. The lowest BCUT2D eigenvalue weighted by Crippen LogP contribution is -2.43. The van der Waals surface area contributed by atoms with Crippen molar-refractivity contribution in [2.45, 2.75) is 32.7 Å². The first-order chi connectivity index (χ1) is 13.1. The largest absolute Gasteiger partial charge is 0.318 e. The van der Waals surface area contributed by atoms with Gasteiger partial charge in [-0.15, -0.1) is 0 Å². The summed E-state index contributed by atoms with van der Waals surface area (Å²) in [6.45, 7) is 2.20. The van der Waals surface area contributed by atoms with Crippen molar-refractivity contribution in [3.05, 3.63) is 64.9 Å². The van der Waals surface area contributed by atoms with Gasteiger partial charge in [0.25, 0.3) is 11.8 Å². The maximum absolute atomic E-state index is 12.4. The minimum Gasteiger partial charge on any atom is -0.318 e. The number of hydrogen-bond acceptors (Lipinski definition) is 3. The second-order valence-electron chi connectivity index (χ2n) is 6.22. The number of hydrogen-bond donors (Lipinski definition) is 2. The third kappa shape index (κ3) is 4.65. The highest BCUT2D eigenvalue weighted by atomic mass is 35.5. The van der Waals surface area contributed by atoms with Gasteiger partial charge in [0.15, 0.2) is 0 Å². The fraction of sp³-hybridized carbons (Fsp3) is 0.250. The molecule has 0 spiro atoms. The zero-order valence-electron chi connectivity index (χ0n) is 15.0. The number of para-hydroxylation sites is 2. The minimum absolute atomic E-state index is 0.0838. The Bertz CT molecular complexity index is 950. The molecule has 0 bridgehead atoms. The lowest BCUT2D eigenvalue weighted by molar-refractivity contribution is -0.122. The van der Waals surface area contributed by atoms with Gasteiger partial charge in [-0.1, -0.05) is 37.1 Å². The number of nitrogens with zero attached hydrogens (tertiary/aromatic N) is 2. The van der Waals surface area contributed by atoms with Crippen LogP contribution in [0.15, 0.2) is 48.5 Å². The van der Waals surface area contributed by atoms with Crippen molar-refractivity contribution < 1.29 is 9.59 Å². The van der Waals surface area contributed by atoms with Crippen molar-refractivity contribution in [3.8, 4) is 0 Å². The zero-order valence-corrected chi connectivity index (χ0v) is 15.8. The smallest absolute Gasteiger partial charge is 0.269 e. The van der Waals surface area contributed by atoms with Crippen LogP contribution in [0.3, 0.4) is 0 Å². The van der Waals surface area contributed by atoms with Crippen LogP contribution in [0, 0.1) is 0 Å². The summed E-state index contributed by atoms with van der Waals surface area (Å²) in [5.41, 5.74) is 7.07. The van der Waals surface area contributed by atoms with Crippen LogP contribution < -0.4 is 10.9 Å². The van der Waals surface area contributed by atoms with Crippen molar-refractivity contribution in [2.24, 2.45) is 0 Å². The number of imidazole rings is 1. The number of hydrazine groups is 1. The van der Waals surface area contributed by atoms with Gasteiger partial charge in [-0.05, 0) is 42.8 Å². The summed E-state index contributed by atoms with van der Waals surface area (Å²) in [7, 11) is 0. The molecule has 0 radical (unpaired) electrons. The molecule has 0 saturated carbocycles. The number of aryl methyl sites for hydroxylation is 1. The maximum Gasteiger partial charge on any atom is 0.269 e. The van der Waals surface area contributed by atoms with Crippen LogP contribution in [0.25, 0.3) is 11.0 Å². The Hall–Kier alpha value is -2.86. The lowest BCUT2D eigenvalue weighted by atomic mass is 10.2. The predicted molar refractivity (Wildman–Crippen MR) is 105 cm³/mol. The van der Waals surface area contributed by atoms with E-state index in [9.17, 15) is 9.59 Å². The van der Waals surface area contributed by atoms with Gasteiger partial charge < -0.3 is 4.57 Å². The second-order valence-corrected chi connectivity index (χ2v) is 6.65. The molecule has 2 N–H and O–H groups in total. The Morgan fingerprint density at radius 1 is 1.07 bits per heavy atom. The fourth-order valence-electron chi connectivity index (χ4n) is 2.81. The predicted octanol–water partition coefficient (Wildman–Crippen LogP) is 3.49. The Morgan fingerprint density at radius 3 is 2.56 bits per heavy atom. The summed E-state index contributed by atoms with van der Waals surface area (Å²) in [6, 6.07) is 14.1. The van der Waals surface area contributed by atoms with Crippen molar-refractivity contribution >= 4 is 34.4 Å². The highest BCUT2D eigenvalue weighted by Gasteiger charge is 2.14. The molecule has 2 amide bonds. The van der Waals surface area contributed by atoms with E-state index in [1.165, 1.54) is 0 Å². The number of fused-ring (bicyclic) bond motifs is 1. The van der Waals surface area contributed by atoms with Crippen molar-refractivity contribution in [1.29, 1.82) is 0 Å². The third-order valence-corrected chi connectivity index (χ3v) is 4.46. The molecule has 3 rings (SSSR count). The van der Waals surface area contributed by atoms with Crippen LogP contribution in [-0.2, 0) is 17.8 Å². The summed E-state index contributed by atoms with van der Waals surface area (Å²) in [6.07, 6.45) is 2.85. The van der Waals surface area contributed by atoms with Crippen LogP contribution in [0.4, 0.5) is 0 Å². The number of carbonyl (C=O) groups is 2. The number of unbranched alkanes of at least 4 members (excludes halogenated alkanes) is 1. The van der Waals surface area contributed by atoms with Crippen molar-refractivity contribution in [2.75, 3.05) is 0 Å². The molecule has 0 saturated heterocycles. The molecule has 0 fully saturated rings. The van der Waals surface area contributed by atoms with Gasteiger partial charge in [0, 0.05) is 17.0 Å². The standard InChI is InChI=1S/C20H21ClN4O2/c1-2-3-8-18-22-16-6-4-5-7-17(16)25(18)13-19(26)23-24-20(27)14-9-11-15(21)12-10-14/h4-7,9-12H,2-3,8,13H2,1H3,(H,23,26)(H,24,27). The highest BCUT2D eigenvalue weighted by molar-refractivity contribution is 6.30. The van der Waals surface area contributed by atoms with Crippen LogP contribution in [0.2, 0.25) is 5.02 Å². The van der Waals surface area contributed by atoms with Gasteiger partial charge >= 0.3 is 0 Å². The molecule has 0 atom stereocenters. The van der Waals surface area contributed by atoms with E-state index in [4.69, 9.17) is 11.6 Å². The molecule has 2 aromatic carbocycles. The van der Waals surface area contributed by atoms with Gasteiger partial charge in [-0.25, -0.2) is 4.98 Å². The number of benzene rings is 2. The molecule has 0 aliphatic heterocycles. The Kier molecular flexibility index (Phi) is 6.08. The van der Waals surface area contributed by atoms with Crippen LogP contribution in [0.5, 0.6) is 0 Å². The molecular weight excluding hydrogens is 364 g/mol. The molecule has 0 aliphatic carbocycles. The normalized spacial score (nSPS) is 10.7. The van der Waals surface area contributed by atoms with E-state index in [0.717, 1.165) is 36.1 Å². The van der Waals surface area contributed by atoms with Gasteiger partial charge in [0.1, 0.15) is 12.4 Å². The number of aromatic nitrogens is 2. The van der Waals surface area contributed by atoms with E-state index < -0.39 is 5.91 Å². The monoisotopic (exact) mass is 384 g/mol. The molecule has 3 aromatic rings. The molecule has 0 unspecified atom stereocenters. The van der Waals surface area contributed by atoms with E-state index >= 15 is 0 Å². The summed E-state index contributed by atoms with van der Waals surface area (Å²) in [4.78, 5) is 29.1. The first-order valence-corrected chi connectivity index (χ1v) is 9.25. The number of halogens is 1. The lowest BCUT2D eigenvalue weighted by Gasteiger charge is -2.11. The summed E-state index contributed by atoms with van der Waals surface area (Å²) in [5, 5.41) is 0.544. The highest BCUT2D eigenvalue weighted by Crippen LogP contribution is 2.17. The Balaban J connectivity index is 1.68. The van der Waals surface area contributed by atoms with Crippen molar-refractivity contribution in [1.82, 2.24) is 20.4 Å². The molecule has 140 valence electrons. The SMILES string of the molecule is CCCCc1nc2ccccc2n1CC(=O)NNC(=O)c1ccc(Cl)cc1. The van der Waals surface area contributed by atoms with E-state index in [1.54, 1.807) is 24.3 Å². The molecule has 27 heavy (non-hydrogen) atoms. The van der Waals surface area contributed by atoms with Crippen molar-refractivity contribution in [3.63, 3.8) is 0 Å². The molecular formula is C20H21ClN4O2. The van der Waals surface area contributed by atoms with E-state index in [2.05, 4.69) is 22.8 Å². The number of carbonyl (C=O) groups excluding carboxylic acids is 2. The summed E-state index contributed by atoms with van der Waals surface area (Å²) < 4.78 is 1.90. The number of nitrogens with one attached hydrogen (secondary N) is 2. The number of amides is 2. The minimum atomic E-state index is -0.401. The quantitative estimate of drug-likeness (QED) is 0.639. The molecule has 7 heteroatoms. The second kappa shape index (κ2) is 8.68. The van der Waals surface area contributed by atoms with Crippen LogP contribution in [0.1, 0.15) is 35.9 Å². The van der Waals surface area contributed by atoms with E-state index in [-0.39, 0.29) is 12.5 Å². The Labute approximate surface area is 162 Å². The zero-order chi connectivity index (χ0) is 19.2. The van der Waals surface area contributed by atoms with Crippen LogP contribution >= 0.6 is 11.6 Å². The number of rotatable bonds is 6.